The fraction of sp³-hybridized carbons (Fsp3) is 0.300. The summed E-state index contributed by atoms with van der Waals surface area (Å²) in [4.78, 5) is 28.4. The number of anilines is 4. The molecule has 0 aliphatic carbocycles. The molecule has 3 N–H and O–H groups in total. The van der Waals surface area contributed by atoms with Crippen LogP contribution in [0.25, 0.3) is 17.1 Å². The molecule has 3 aromatic heterocycles. The van der Waals surface area contributed by atoms with Gasteiger partial charge in [-0.05, 0) is 33.0 Å². The van der Waals surface area contributed by atoms with Crippen molar-refractivity contribution in [1.82, 2.24) is 30.0 Å². The van der Waals surface area contributed by atoms with E-state index in [9.17, 15) is 4.79 Å². The van der Waals surface area contributed by atoms with Crippen LogP contribution in [0.4, 0.5) is 23.1 Å². The van der Waals surface area contributed by atoms with Gasteiger partial charge in [0.05, 0.1) is 30.7 Å². The van der Waals surface area contributed by atoms with E-state index in [1.54, 1.807) is 23.0 Å². The molecule has 1 aromatic carbocycles. The fourth-order valence-corrected chi connectivity index (χ4v) is 4.53. The molecule has 4 heterocycles. The Kier molecular flexibility index (Phi) is 9.05. The molecule has 0 atom stereocenters. The lowest BCUT2D eigenvalue weighted by Crippen LogP contribution is -2.37. The summed E-state index contributed by atoms with van der Waals surface area (Å²) in [6, 6.07) is 13.6. The summed E-state index contributed by atoms with van der Waals surface area (Å²) in [5, 5.41) is 14.2. The first kappa shape index (κ1) is 28.7. The van der Waals surface area contributed by atoms with Crippen LogP contribution in [0.1, 0.15) is 19.4 Å². The van der Waals surface area contributed by atoms with Crippen LogP contribution in [0.3, 0.4) is 0 Å². The van der Waals surface area contributed by atoms with Gasteiger partial charge in [-0.25, -0.2) is 9.67 Å². The Bertz CT molecular complexity index is 1530. The number of nitrogens with zero attached hydrogens (tertiary/aromatic N) is 6. The molecule has 1 amide bonds. The lowest BCUT2D eigenvalue weighted by Gasteiger charge is -2.30. The number of aromatic nitrogens is 5. The van der Waals surface area contributed by atoms with E-state index in [2.05, 4.69) is 32.4 Å². The third kappa shape index (κ3) is 6.73. The topological polar surface area (TPSA) is 131 Å². The molecule has 12 nitrogen and oxygen atoms in total. The second-order valence-electron chi connectivity index (χ2n) is 9.88. The Labute approximate surface area is 244 Å². The number of rotatable bonds is 11. The Hall–Kier alpha value is -4.81. The van der Waals surface area contributed by atoms with Crippen LogP contribution in [0.2, 0.25) is 0 Å². The molecule has 1 saturated heterocycles. The van der Waals surface area contributed by atoms with Gasteiger partial charge in [-0.15, -0.1) is 0 Å². The molecule has 4 aromatic rings. The average Bonchev–Trinajstić information content (AvgIpc) is 3.43. The second kappa shape index (κ2) is 13.2. The first-order chi connectivity index (χ1) is 20.4. The number of ether oxygens (including phenoxy) is 2. The van der Waals surface area contributed by atoms with Gasteiger partial charge >= 0.3 is 0 Å². The van der Waals surface area contributed by atoms with Crippen molar-refractivity contribution >= 4 is 29.0 Å². The van der Waals surface area contributed by atoms with E-state index >= 15 is 0 Å². The van der Waals surface area contributed by atoms with Gasteiger partial charge in [0, 0.05) is 49.2 Å². The first-order valence-electron chi connectivity index (χ1n) is 13.8. The van der Waals surface area contributed by atoms with Gasteiger partial charge in [0.15, 0.2) is 11.6 Å². The standard InChI is InChI=1S/C30H35N9O3/c1-5-26(40)33-23-17-24(29(42-20(2)3)36-28(23)38-13-15-41-16-14-38)34-30-32-12-11-25(35-30)39-19-22(18-31-4)27(37-39)21-9-7-6-8-10-21/h5-12,17,19-20,31H,1,13-16,18H2,2-4H3,(H,33,40)(H,32,34,35). The van der Waals surface area contributed by atoms with Crippen molar-refractivity contribution in [2.24, 2.45) is 0 Å². The maximum Gasteiger partial charge on any atom is 0.247 e. The minimum atomic E-state index is -0.349. The molecule has 0 radical (unpaired) electrons. The third-order valence-electron chi connectivity index (χ3n) is 6.40. The lowest BCUT2D eigenvalue weighted by molar-refractivity contribution is -0.111. The number of nitrogens with one attached hydrogen (secondary N) is 3. The van der Waals surface area contributed by atoms with E-state index in [0.717, 1.165) is 16.8 Å². The number of morpholine rings is 1. The zero-order valence-electron chi connectivity index (χ0n) is 24.0. The zero-order chi connectivity index (χ0) is 29.5. The molecule has 218 valence electrons. The van der Waals surface area contributed by atoms with Crippen molar-refractivity contribution in [2.45, 2.75) is 26.5 Å². The van der Waals surface area contributed by atoms with Gasteiger partial charge in [0.2, 0.25) is 17.7 Å². The monoisotopic (exact) mass is 569 g/mol. The molecule has 12 heteroatoms. The zero-order valence-corrected chi connectivity index (χ0v) is 24.0. The van der Waals surface area contributed by atoms with Gasteiger partial charge < -0.3 is 30.3 Å². The smallest absolute Gasteiger partial charge is 0.247 e. The normalized spacial score (nSPS) is 13.2. The van der Waals surface area contributed by atoms with Crippen LogP contribution in [0, 0.1) is 0 Å². The van der Waals surface area contributed by atoms with Gasteiger partial charge in [0.1, 0.15) is 5.69 Å². The molecular formula is C30H35N9O3. The van der Waals surface area contributed by atoms with E-state index in [-0.39, 0.29) is 12.0 Å². The van der Waals surface area contributed by atoms with E-state index in [4.69, 9.17) is 24.5 Å². The predicted molar refractivity (Wildman–Crippen MR) is 162 cm³/mol. The molecule has 0 unspecified atom stereocenters. The third-order valence-corrected chi connectivity index (χ3v) is 6.40. The van der Waals surface area contributed by atoms with E-state index in [1.165, 1.54) is 6.08 Å². The number of hydrogen-bond acceptors (Lipinski definition) is 10. The Balaban J connectivity index is 1.51. The van der Waals surface area contributed by atoms with Gasteiger partial charge in [-0.2, -0.15) is 15.1 Å². The number of hydrogen-bond donors (Lipinski definition) is 3. The molecule has 5 rings (SSSR count). The quantitative estimate of drug-likeness (QED) is 0.228. The molecule has 0 spiro atoms. The van der Waals surface area contributed by atoms with Crippen molar-refractivity contribution in [1.29, 1.82) is 0 Å². The van der Waals surface area contributed by atoms with Gasteiger partial charge in [0.25, 0.3) is 0 Å². The van der Waals surface area contributed by atoms with Crippen LogP contribution < -0.4 is 25.6 Å². The maximum atomic E-state index is 12.3. The summed E-state index contributed by atoms with van der Waals surface area (Å²) in [6.07, 6.45) is 4.69. The van der Waals surface area contributed by atoms with Crippen molar-refractivity contribution in [3.63, 3.8) is 0 Å². The number of carbonyl (C=O) groups excluding carboxylic acids is 1. The van der Waals surface area contributed by atoms with Crippen LogP contribution in [-0.2, 0) is 16.1 Å². The summed E-state index contributed by atoms with van der Waals surface area (Å²) >= 11 is 0. The van der Waals surface area contributed by atoms with Crippen LogP contribution in [0.15, 0.2) is 67.5 Å². The molecule has 0 bridgehead atoms. The highest BCUT2D eigenvalue weighted by Crippen LogP contribution is 2.36. The second-order valence-corrected chi connectivity index (χ2v) is 9.88. The van der Waals surface area contributed by atoms with E-state index in [1.807, 2.05) is 57.4 Å². The molecule has 42 heavy (non-hydrogen) atoms. The molecular weight excluding hydrogens is 534 g/mol. The van der Waals surface area contributed by atoms with Crippen molar-refractivity contribution in [3.05, 3.63) is 73.1 Å². The summed E-state index contributed by atoms with van der Waals surface area (Å²) in [6.45, 7) is 10.5. The fourth-order valence-electron chi connectivity index (χ4n) is 4.53. The van der Waals surface area contributed by atoms with Gasteiger partial charge in [-0.3, -0.25) is 4.79 Å². The largest absolute Gasteiger partial charge is 0.473 e. The van der Waals surface area contributed by atoms with Crippen LogP contribution >= 0.6 is 0 Å². The van der Waals surface area contributed by atoms with Crippen LogP contribution in [-0.4, -0.2) is 70.1 Å². The lowest BCUT2D eigenvalue weighted by atomic mass is 10.1. The highest BCUT2D eigenvalue weighted by molar-refractivity contribution is 6.01. The number of carbonyl (C=O) groups is 1. The predicted octanol–water partition coefficient (Wildman–Crippen LogP) is 3.94. The average molecular weight is 570 g/mol. The maximum absolute atomic E-state index is 12.3. The van der Waals surface area contributed by atoms with E-state index < -0.39 is 0 Å². The van der Waals surface area contributed by atoms with Crippen LogP contribution in [0.5, 0.6) is 5.88 Å². The minimum Gasteiger partial charge on any atom is -0.473 e. The summed E-state index contributed by atoms with van der Waals surface area (Å²) in [7, 11) is 1.90. The highest BCUT2D eigenvalue weighted by Gasteiger charge is 2.22. The van der Waals surface area contributed by atoms with Crippen molar-refractivity contribution in [2.75, 3.05) is 48.9 Å². The summed E-state index contributed by atoms with van der Waals surface area (Å²) < 4.78 is 13.4. The minimum absolute atomic E-state index is 0.150. The first-order valence-corrected chi connectivity index (χ1v) is 13.8. The molecule has 1 aliphatic rings. The van der Waals surface area contributed by atoms with E-state index in [0.29, 0.717) is 67.7 Å². The summed E-state index contributed by atoms with van der Waals surface area (Å²) in [5.41, 5.74) is 3.93. The van der Waals surface area contributed by atoms with Crippen molar-refractivity contribution in [3.8, 4) is 23.0 Å². The Morgan fingerprint density at radius 2 is 1.93 bits per heavy atom. The number of amides is 1. The molecule has 0 saturated carbocycles. The summed E-state index contributed by atoms with van der Waals surface area (Å²) in [5.74, 6) is 1.50. The Morgan fingerprint density at radius 3 is 2.64 bits per heavy atom. The highest BCUT2D eigenvalue weighted by atomic mass is 16.5. The van der Waals surface area contributed by atoms with Crippen molar-refractivity contribution < 1.29 is 14.3 Å². The Morgan fingerprint density at radius 1 is 1.14 bits per heavy atom. The SMILES string of the molecule is C=CC(=O)Nc1cc(Nc2nccc(-n3cc(CNC)c(-c4ccccc4)n3)n2)c(OC(C)C)nc1N1CCOCC1. The number of pyridine rings is 1. The number of benzene rings is 1. The molecule has 1 aliphatic heterocycles. The molecule has 1 fully saturated rings. The van der Waals surface area contributed by atoms with Gasteiger partial charge in [-0.1, -0.05) is 36.9 Å².